The second kappa shape index (κ2) is 5.57. The lowest BCUT2D eigenvalue weighted by molar-refractivity contribution is -0.133. The van der Waals surface area contributed by atoms with Gasteiger partial charge in [-0.05, 0) is 23.6 Å². The van der Waals surface area contributed by atoms with Gasteiger partial charge in [0.05, 0.1) is 0 Å². The first-order chi connectivity index (χ1) is 9.82. The molecule has 1 aromatic carbocycles. The van der Waals surface area contributed by atoms with Crippen LogP contribution in [0.5, 0.6) is 5.75 Å². The number of alkyl halides is 2. The number of halogens is 2. The quantitative estimate of drug-likeness (QED) is 0.282. The Balaban J connectivity index is 2.05. The Morgan fingerprint density at radius 2 is 1.90 bits per heavy atom. The van der Waals surface area contributed by atoms with Crippen molar-refractivity contribution >= 4 is 5.97 Å². The lowest BCUT2D eigenvalue weighted by atomic mass is 9.77. The van der Waals surface area contributed by atoms with Gasteiger partial charge in [-0.25, -0.2) is 13.6 Å². The molecule has 21 heavy (non-hydrogen) atoms. The van der Waals surface area contributed by atoms with Crippen molar-refractivity contribution in [3.05, 3.63) is 41.4 Å². The van der Waals surface area contributed by atoms with Crippen LogP contribution in [0.2, 0.25) is 0 Å². The Labute approximate surface area is 119 Å². The average molecular weight is 299 g/mol. The molecule has 114 valence electrons. The molecule has 2 rings (SSSR count). The van der Waals surface area contributed by atoms with Gasteiger partial charge in [-0.2, -0.15) is 0 Å². The minimum Gasteiger partial charge on any atom is -0.476 e. The van der Waals surface area contributed by atoms with Gasteiger partial charge in [0.1, 0.15) is 5.75 Å². The normalized spacial score (nSPS) is 18.4. The lowest BCUT2D eigenvalue weighted by Gasteiger charge is -2.35. The molecule has 1 aromatic rings. The van der Waals surface area contributed by atoms with Gasteiger partial charge < -0.3 is 21.0 Å². The van der Waals surface area contributed by atoms with E-state index < -0.39 is 23.5 Å². The Bertz CT molecular complexity index is 565. The van der Waals surface area contributed by atoms with Crippen molar-refractivity contribution in [2.45, 2.75) is 24.7 Å². The van der Waals surface area contributed by atoms with E-state index in [0.717, 1.165) is 5.56 Å². The molecule has 1 aliphatic rings. The molecule has 1 aliphatic carbocycles. The number of carboxylic acids is 1. The molecule has 6 nitrogen and oxygen atoms in total. The fourth-order valence-corrected chi connectivity index (χ4v) is 2.12. The highest BCUT2D eigenvalue weighted by Crippen LogP contribution is 2.48. The lowest BCUT2D eigenvalue weighted by Crippen LogP contribution is -2.33. The second-order valence-electron chi connectivity index (χ2n) is 4.82. The van der Waals surface area contributed by atoms with Crippen molar-refractivity contribution in [1.29, 1.82) is 0 Å². The number of hydrogen-bond donors (Lipinski definition) is 4. The van der Waals surface area contributed by atoms with Crippen LogP contribution in [0.15, 0.2) is 35.8 Å². The molecule has 1 fully saturated rings. The number of nitrogens with two attached hydrogens (primary N) is 2. The summed E-state index contributed by atoms with van der Waals surface area (Å²) in [4.78, 5) is 10.8. The van der Waals surface area contributed by atoms with Gasteiger partial charge in [0.15, 0.2) is 5.70 Å². The Kier molecular flexibility index (Phi) is 3.99. The first-order valence-corrected chi connectivity index (χ1v) is 6.17. The molecule has 0 aliphatic heterocycles. The van der Waals surface area contributed by atoms with Crippen LogP contribution in [0.3, 0.4) is 0 Å². The molecule has 0 heterocycles. The number of rotatable bonds is 5. The van der Waals surface area contributed by atoms with Crippen LogP contribution in [-0.4, -0.2) is 17.0 Å². The van der Waals surface area contributed by atoms with Gasteiger partial charge in [0, 0.05) is 12.8 Å². The number of carboxylic acid groups (broad SMARTS) is 1. The van der Waals surface area contributed by atoms with Gasteiger partial charge in [-0.3, -0.25) is 5.84 Å². The third kappa shape index (κ3) is 3.40. The van der Waals surface area contributed by atoms with E-state index in [9.17, 15) is 13.6 Å². The van der Waals surface area contributed by atoms with Crippen molar-refractivity contribution < 1.29 is 23.4 Å². The van der Waals surface area contributed by atoms with E-state index in [2.05, 4.69) is 0 Å². The Hall–Kier alpha value is -2.35. The predicted molar refractivity (Wildman–Crippen MR) is 70.2 cm³/mol. The van der Waals surface area contributed by atoms with Crippen molar-refractivity contribution in [3.8, 4) is 5.75 Å². The minimum atomic E-state index is -2.57. The molecule has 0 saturated heterocycles. The van der Waals surface area contributed by atoms with E-state index in [4.69, 9.17) is 21.4 Å². The molecular weight excluding hydrogens is 284 g/mol. The van der Waals surface area contributed by atoms with E-state index in [0.29, 0.717) is 0 Å². The van der Waals surface area contributed by atoms with E-state index >= 15 is 0 Å². The van der Waals surface area contributed by atoms with Crippen molar-refractivity contribution in [2.24, 2.45) is 11.6 Å². The molecule has 0 amide bonds. The highest BCUT2D eigenvalue weighted by molar-refractivity contribution is 5.86. The topological polar surface area (TPSA) is 111 Å². The summed E-state index contributed by atoms with van der Waals surface area (Å²) < 4.78 is 30.8. The van der Waals surface area contributed by atoms with Gasteiger partial charge >= 0.3 is 5.97 Å². The summed E-state index contributed by atoms with van der Waals surface area (Å²) in [5, 5.41) is 8.80. The highest BCUT2D eigenvalue weighted by atomic mass is 19.3. The predicted octanol–water partition coefficient (Wildman–Crippen LogP) is 1.25. The molecule has 0 unspecified atom stereocenters. The van der Waals surface area contributed by atoms with Gasteiger partial charge in [-0.1, -0.05) is 12.1 Å². The highest BCUT2D eigenvalue weighted by Gasteiger charge is 2.45. The largest absolute Gasteiger partial charge is 0.476 e. The molecule has 0 bridgehead atoms. The molecule has 0 aromatic heterocycles. The fourth-order valence-electron chi connectivity index (χ4n) is 2.12. The smallest absolute Gasteiger partial charge is 0.358 e. The average Bonchev–Trinajstić information content (AvgIpc) is 2.37. The second-order valence-corrected chi connectivity index (χ2v) is 4.82. The SMILES string of the molecule is NN/C(C(=O)O)=C(\N)Oc1ccc(C2CC(F)(F)C2)cc1. The summed E-state index contributed by atoms with van der Waals surface area (Å²) in [6.45, 7) is 0. The van der Waals surface area contributed by atoms with E-state index in [1.54, 1.807) is 12.1 Å². The zero-order chi connectivity index (χ0) is 15.6. The number of hydrogen-bond acceptors (Lipinski definition) is 5. The van der Waals surface area contributed by atoms with Crippen LogP contribution in [0, 0.1) is 0 Å². The molecular formula is C13H15F2N3O3. The molecule has 8 heteroatoms. The number of benzene rings is 1. The third-order valence-corrected chi connectivity index (χ3v) is 3.27. The first kappa shape index (κ1) is 15.0. The van der Waals surface area contributed by atoms with Gasteiger partial charge in [0.25, 0.3) is 0 Å². The van der Waals surface area contributed by atoms with Crippen molar-refractivity contribution in [1.82, 2.24) is 5.43 Å². The molecule has 0 radical (unpaired) electrons. The zero-order valence-electron chi connectivity index (χ0n) is 11.0. The van der Waals surface area contributed by atoms with Crippen LogP contribution < -0.4 is 21.7 Å². The summed E-state index contributed by atoms with van der Waals surface area (Å²) in [5.41, 5.74) is 7.70. The molecule has 0 atom stereocenters. The van der Waals surface area contributed by atoms with E-state index in [1.165, 1.54) is 12.1 Å². The maximum atomic E-state index is 12.8. The molecule has 1 saturated carbocycles. The van der Waals surface area contributed by atoms with E-state index in [1.807, 2.05) is 5.43 Å². The number of carbonyl (C=O) groups is 1. The maximum absolute atomic E-state index is 12.8. The zero-order valence-corrected chi connectivity index (χ0v) is 11.0. The minimum absolute atomic E-state index is 0.157. The van der Waals surface area contributed by atoms with Crippen LogP contribution >= 0.6 is 0 Å². The van der Waals surface area contributed by atoms with Crippen LogP contribution in [0.1, 0.15) is 24.3 Å². The van der Waals surface area contributed by atoms with Crippen molar-refractivity contribution in [3.63, 3.8) is 0 Å². The number of nitrogens with one attached hydrogen (secondary N) is 1. The monoisotopic (exact) mass is 299 g/mol. The number of aliphatic carboxylic acids is 1. The fraction of sp³-hybridized carbons (Fsp3) is 0.308. The number of hydrazine groups is 1. The third-order valence-electron chi connectivity index (χ3n) is 3.27. The summed E-state index contributed by atoms with van der Waals surface area (Å²) >= 11 is 0. The summed E-state index contributed by atoms with van der Waals surface area (Å²) in [7, 11) is 0. The summed E-state index contributed by atoms with van der Waals surface area (Å²) in [6.07, 6.45) is -0.314. The summed E-state index contributed by atoms with van der Waals surface area (Å²) in [5.74, 6) is 0.820. The summed E-state index contributed by atoms with van der Waals surface area (Å²) in [6, 6.07) is 6.38. The Morgan fingerprint density at radius 1 is 1.33 bits per heavy atom. The van der Waals surface area contributed by atoms with Gasteiger partial charge in [0.2, 0.25) is 11.8 Å². The van der Waals surface area contributed by atoms with E-state index in [-0.39, 0.29) is 24.5 Å². The van der Waals surface area contributed by atoms with Crippen molar-refractivity contribution in [2.75, 3.05) is 0 Å². The number of ether oxygens (including phenoxy) is 1. The van der Waals surface area contributed by atoms with Crippen LogP contribution in [-0.2, 0) is 4.79 Å². The maximum Gasteiger partial charge on any atom is 0.358 e. The standard InChI is InChI=1S/C13H15F2N3O3/c14-13(15)5-8(6-13)7-1-3-9(4-2-7)21-11(16)10(18-17)12(19)20/h1-4,8,18H,5-6,16-17H2,(H,19,20)/b11-10+. The van der Waals surface area contributed by atoms with Gasteiger partial charge in [-0.15, -0.1) is 0 Å². The van der Waals surface area contributed by atoms with Crippen LogP contribution in [0.25, 0.3) is 0 Å². The molecule has 6 N–H and O–H groups in total. The Morgan fingerprint density at radius 3 is 2.33 bits per heavy atom. The molecule has 0 spiro atoms. The van der Waals surface area contributed by atoms with Crippen LogP contribution in [0.4, 0.5) is 8.78 Å². The first-order valence-electron chi connectivity index (χ1n) is 6.17.